The van der Waals surface area contributed by atoms with Gasteiger partial charge in [-0.15, -0.1) is 0 Å². The number of carbonyl (C=O) groups is 2. The van der Waals surface area contributed by atoms with Crippen LogP contribution in [-0.4, -0.2) is 27.9 Å². The van der Waals surface area contributed by atoms with Gasteiger partial charge in [0.25, 0.3) is 11.6 Å². The summed E-state index contributed by atoms with van der Waals surface area (Å²) >= 11 is 0. The number of aryl methyl sites for hydroxylation is 1. The van der Waals surface area contributed by atoms with Crippen molar-refractivity contribution in [1.29, 1.82) is 0 Å². The van der Waals surface area contributed by atoms with Crippen LogP contribution in [0.1, 0.15) is 35.2 Å². The Bertz CT molecular complexity index is 595. The highest BCUT2D eigenvalue weighted by atomic mass is 16.6. The molecule has 0 heterocycles. The Hall–Kier alpha value is -2.44. The van der Waals surface area contributed by atoms with Crippen LogP contribution in [0, 0.1) is 23.0 Å². The highest BCUT2D eigenvalue weighted by molar-refractivity contribution is 5.98. The summed E-state index contributed by atoms with van der Waals surface area (Å²) in [7, 11) is 0. The monoisotopic (exact) mass is 292 g/mol. The summed E-state index contributed by atoms with van der Waals surface area (Å²) in [6.45, 7) is 1.58. The molecule has 112 valence electrons. The van der Waals surface area contributed by atoms with Crippen molar-refractivity contribution in [2.24, 2.45) is 5.92 Å². The number of nitrogens with one attached hydrogen (secondary N) is 1. The van der Waals surface area contributed by atoms with Crippen LogP contribution >= 0.6 is 0 Å². The number of aliphatic carboxylic acids is 1. The number of carboxylic acid groups (broad SMARTS) is 1. The first-order valence-corrected chi connectivity index (χ1v) is 6.67. The number of hydrogen-bond acceptors (Lipinski definition) is 4. The van der Waals surface area contributed by atoms with E-state index in [0.29, 0.717) is 17.9 Å². The smallest absolute Gasteiger partial charge is 0.326 e. The molecule has 1 amide bonds. The van der Waals surface area contributed by atoms with E-state index < -0.39 is 22.8 Å². The average molecular weight is 292 g/mol. The third kappa shape index (κ3) is 3.77. The van der Waals surface area contributed by atoms with E-state index >= 15 is 0 Å². The SMILES string of the molecule is Cc1cc([N+](=O)[O-])ccc1C(=O)NC(CC1CC1)C(=O)O. The average Bonchev–Trinajstić information content (AvgIpc) is 3.21. The lowest BCUT2D eigenvalue weighted by atomic mass is 10.1. The second kappa shape index (κ2) is 5.90. The van der Waals surface area contributed by atoms with Gasteiger partial charge in [0.15, 0.2) is 0 Å². The first kappa shape index (κ1) is 15.0. The molecule has 2 N–H and O–H groups in total. The van der Waals surface area contributed by atoms with E-state index in [1.807, 2.05) is 0 Å². The summed E-state index contributed by atoms with van der Waals surface area (Å²) < 4.78 is 0. The topological polar surface area (TPSA) is 110 Å². The van der Waals surface area contributed by atoms with E-state index in [-0.39, 0.29) is 11.3 Å². The van der Waals surface area contributed by atoms with Gasteiger partial charge in [-0.2, -0.15) is 0 Å². The number of benzene rings is 1. The van der Waals surface area contributed by atoms with Gasteiger partial charge in [0.1, 0.15) is 6.04 Å². The first-order valence-electron chi connectivity index (χ1n) is 6.67. The summed E-state index contributed by atoms with van der Waals surface area (Å²) in [5.74, 6) is -1.21. The maximum Gasteiger partial charge on any atom is 0.326 e. The molecule has 1 aliphatic carbocycles. The number of rotatable bonds is 6. The van der Waals surface area contributed by atoms with Gasteiger partial charge in [0.05, 0.1) is 4.92 Å². The van der Waals surface area contributed by atoms with E-state index in [1.54, 1.807) is 6.92 Å². The molecule has 7 nitrogen and oxygen atoms in total. The zero-order valence-electron chi connectivity index (χ0n) is 11.5. The molecule has 0 aromatic heterocycles. The Morgan fingerprint density at radius 1 is 1.48 bits per heavy atom. The molecular formula is C14H16N2O5. The van der Waals surface area contributed by atoms with Crippen LogP contribution in [0.25, 0.3) is 0 Å². The second-order valence-corrected chi connectivity index (χ2v) is 5.30. The van der Waals surface area contributed by atoms with Crippen molar-refractivity contribution < 1.29 is 19.6 Å². The van der Waals surface area contributed by atoms with Crippen LogP contribution in [0.5, 0.6) is 0 Å². The zero-order chi connectivity index (χ0) is 15.6. The molecule has 0 spiro atoms. The molecule has 1 aliphatic rings. The van der Waals surface area contributed by atoms with Gasteiger partial charge >= 0.3 is 5.97 Å². The van der Waals surface area contributed by atoms with Crippen LogP contribution in [-0.2, 0) is 4.79 Å². The summed E-state index contributed by atoms with van der Waals surface area (Å²) in [5.41, 5.74) is 0.594. The van der Waals surface area contributed by atoms with E-state index in [9.17, 15) is 19.7 Å². The highest BCUT2D eigenvalue weighted by Crippen LogP contribution is 2.33. The number of hydrogen-bond donors (Lipinski definition) is 2. The number of non-ortho nitro benzene ring substituents is 1. The number of carboxylic acids is 1. The summed E-state index contributed by atoms with van der Waals surface area (Å²) in [5, 5.41) is 22.3. The Morgan fingerprint density at radius 2 is 2.14 bits per heavy atom. The minimum absolute atomic E-state index is 0.100. The van der Waals surface area contributed by atoms with Crippen LogP contribution in [0.15, 0.2) is 18.2 Å². The largest absolute Gasteiger partial charge is 0.480 e. The van der Waals surface area contributed by atoms with Gasteiger partial charge in [-0.25, -0.2) is 4.79 Å². The Morgan fingerprint density at radius 3 is 2.62 bits per heavy atom. The number of nitrogens with zero attached hydrogens (tertiary/aromatic N) is 1. The van der Waals surface area contributed by atoms with Gasteiger partial charge < -0.3 is 10.4 Å². The number of amides is 1. The quantitative estimate of drug-likeness (QED) is 0.614. The number of nitro benzene ring substituents is 1. The minimum atomic E-state index is -1.06. The molecule has 0 radical (unpaired) electrons. The summed E-state index contributed by atoms with van der Waals surface area (Å²) in [6.07, 6.45) is 2.42. The predicted octanol–water partition coefficient (Wildman–Crippen LogP) is 1.89. The fourth-order valence-corrected chi connectivity index (χ4v) is 2.16. The molecule has 1 unspecified atom stereocenters. The van der Waals surface area contributed by atoms with E-state index in [4.69, 9.17) is 5.11 Å². The zero-order valence-corrected chi connectivity index (χ0v) is 11.5. The molecule has 0 aliphatic heterocycles. The highest BCUT2D eigenvalue weighted by Gasteiger charge is 2.30. The lowest BCUT2D eigenvalue weighted by molar-refractivity contribution is -0.384. The molecule has 0 bridgehead atoms. The van der Waals surface area contributed by atoms with Crippen LogP contribution in [0.3, 0.4) is 0 Å². The van der Waals surface area contributed by atoms with Crippen LogP contribution < -0.4 is 5.32 Å². The van der Waals surface area contributed by atoms with Crippen molar-refractivity contribution >= 4 is 17.6 Å². The Kier molecular flexibility index (Phi) is 4.21. The van der Waals surface area contributed by atoms with Gasteiger partial charge in [0, 0.05) is 17.7 Å². The van der Waals surface area contributed by atoms with Crippen molar-refractivity contribution in [1.82, 2.24) is 5.32 Å². The van der Waals surface area contributed by atoms with Crippen molar-refractivity contribution in [2.45, 2.75) is 32.2 Å². The Labute approximate surface area is 121 Å². The van der Waals surface area contributed by atoms with Crippen molar-refractivity contribution in [2.75, 3.05) is 0 Å². The molecule has 1 saturated carbocycles. The molecular weight excluding hydrogens is 276 g/mol. The lowest BCUT2D eigenvalue weighted by Crippen LogP contribution is -2.41. The molecule has 7 heteroatoms. The van der Waals surface area contributed by atoms with Gasteiger partial charge in [-0.05, 0) is 30.9 Å². The lowest BCUT2D eigenvalue weighted by Gasteiger charge is -2.15. The van der Waals surface area contributed by atoms with E-state index in [1.165, 1.54) is 18.2 Å². The molecule has 1 fully saturated rings. The number of carbonyl (C=O) groups excluding carboxylic acids is 1. The third-order valence-electron chi connectivity index (χ3n) is 3.53. The third-order valence-corrected chi connectivity index (χ3v) is 3.53. The summed E-state index contributed by atoms with van der Waals surface area (Å²) in [4.78, 5) is 33.4. The normalized spacial score (nSPS) is 15.3. The molecule has 1 atom stereocenters. The minimum Gasteiger partial charge on any atom is -0.480 e. The maximum absolute atomic E-state index is 12.1. The number of nitro groups is 1. The maximum atomic E-state index is 12.1. The summed E-state index contributed by atoms with van der Waals surface area (Å²) in [6, 6.07) is 2.96. The fraction of sp³-hybridized carbons (Fsp3) is 0.429. The van der Waals surface area contributed by atoms with Crippen molar-refractivity contribution in [3.63, 3.8) is 0 Å². The van der Waals surface area contributed by atoms with E-state index in [2.05, 4.69) is 5.32 Å². The van der Waals surface area contributed by atoms with Gasteiger partial charge in [0.2, 0.25) is 0 Å². The second-order valence-electron chi connectivity index (χ2n) is 5.30. The van der Waals surface area contributed by atoms with Crippen molar-refractivity contribution in [3.8, 4) is 0 Å². The van der Waals surface area contributed by atoms with Gasteiger partial charge in [-0.3, -0.25) is 14.9 Å². The molecule has 0 saturated heterocycles. The standard InChI is InChI=1S/C14H16N2O5/c1-8-6-10(16(20)21)4-5-11(8)13(17)15-12(14(18)19)7-9-2-3-9/h4-6,9,12H,2-3,7H2,1H3,(H,15,17)(H,18,19). The van der Waals surface area contributed by atoms with Crippen LogP contribution in [0.4, 0.5) is 5.69 Å². The molecule has 21 heavy (non-hydrogen) atoms. The van der Waals surface area contributed by atoms with Gasteiger partial charge in [-0.1, -0.05) is 12.8 Å². The molecule has 2 rings (SSSR count). The van der Waals surface area contributed by atoms with Crippen LogP contribution in [0.2, 0.25) is 0 Å². The van der Waals surface area contributed by atoms with E-state index in [0.717, 1.165) is 12.8 Å². The predicted molar refractivity (Wildman–Crippen MR) is 74.1 cm³/mol. The molecule has 1 aromatic carbocycles. The Balaban J connectivity index is 2.11. The molecule has 1 aromatic rings. The van der Waals surface area contributed by atoms with Crippen molar-refractivity contribution in [3.05, 3.63) is 39.4 Å². The first-order chi connectivity index (χ1) is 9.88. The fourth-order valence-electron chi connectivity index (χ4n) is 2.16.